The molecule has 13 heteroatoms. The van der Waals surface area contributed by atoms with Crippen molar-refractivity contribution in [1.29, 1.82) is 0 Å². The third-order valence-corrected chi connectivity index (χ3v) is 6.14. The van der Waals surface area contributed by atoms with Gasteiger partial charge in [-0.3, -0.25) is 5.10 Å². The normalized spacial score (nSPS) is 11.8. The third kappa shape index (κ3) is 8.12. The van der Waals surface area contributed by atoms with Crippen molar-refractivity contribution in [2.45, 2.75) is 32.4 Å². The number of aliphatic hydroxyl groups excluding tert-OH is 1. The number of nitrogens with one attached hydrogen (secondary N) is 3. The Bertz CT molecular complexity index is 1270. The quantitative estimate of drug-likeness (QED) is 0.175. The number of aliphatic hydroxyl groups is 1. The fourth-order valence-electron chi connectivity index (χ4n) is 3.80. The van der Waals surface area contributed by atoms with E-state index in [1.165, 1.54) is 23.7 Å². The first-order valence-electron chi connectivity index (χ1n) is 11.7. The maximum atomic E-state index is 12.5. The molecule has 9 nitrogen and oxygen atoms in total. The monoisotopic (exact) mass is 536 g/mol. The summed E-state index contributed by atoms with van der Waals surface area (Å²) in [6.07, 6.45) is 0.426. The van der Waals surface area contributed by atoms with E-state index in [-0.39, 0.29) is 12.4 Å². The van der Waals surface area contributed by atoms with Gasteiger partial charge < -0.3 is 25.2 Å². The molecule has 0 amide bonds. The molecule has 2 aromatic heterocycles. The van der Waals surface area contributed by atoms with Gasteiger partial charge in [-0.15, -0.1) is 18.3 Å². The summed E-state index contributed by atoms with van der Waals surface area (Å²) >= 11 is 1.33. The van der Waals surface area contributed by atoms with Gasteiger partial charge in [0.15, 0.2) is 0 Å². The summed E-state index contributed by atoms with van der Waals surface area (Å²) in [7, 11) is 0. The lowest BCUT2D eigenvalue weighted by Crippen LogP contribution is -2.18. The van der Waals surface area contributed by atoms with E-state index in [1.807, 2.05) is 12.1 Å². The van der Waals surface area contributed by atoms with Crippen LogP contribution in [-0.2, 0) is 17.9 Å². The van der Waals surface area contributed by atoms with Gasteiger partial charge in [0.1, 0.15) is 5.75 Å². The Balaban J connectivity index is 1.13. The van der Waals surface area contributed by atoms with Gasteiger partial charge in [-0.25, -0.2) is 0 Å². The van der Waals surface area contributed by atoms with E-state index in [0.29, 0.717) is 44.0 Å². The molecule has 0 saturated heterocycles. The van der Waals surface area contributed by atoms with Crippen LogP contribution in [0.25, 0.3) is 21.3 Å². The summed E-state index contributed by atoms with van der Waals surface area (Å²) in [4.78, 5) is 0.973. The highest BCUT2D eigenvalue weighted by atomic mass is 32.1. The number of alkyl halides is 3. The summed E-state index contributed by atoms with van der Waals surface area (Å²) in [6, 6.07) is 8.21. The molecule has 0 atom stereocenters. The molecule has 0 aliphatic rings. The van der Waals surface area contributed by atoms with Gasteiger partial charge >= 0.3 is 6.36 Å². The second-order valence-corrected chi connectivity index (χ2v) is 9.04. The molecule has 0 saturated carbocycles. The van der Waals surface area contributed by atoms with E-state index < -0.39 is 6.36 Å². The largest absolute Gasteiger partial charge is 0.573 e. The number of unbranched alkanes of at least 4 members (excludes halogenated alkanes) is 1. The number of benzene rings is 2. The summed E-state index contributed by atoms with van der Waals surface area (Å²) < 4.78 is 51.1. The molecule has 198 valence electrons. The first-order valence-corrected chi connectivity index (χ1v) is 12.5. The Morgan fingerprint density at radius 3 is 2.65 bits per heavy atom. The number of ether oxygens (including phenoxy) is 2. The highest BCUT2D eigenvalue weighted by molar-refractivity contribution is 7.09. The Morgan fingerprint density at radius 2 is 1.86 bits per heavy atom. The number of aromatic amines is 1. The van der Waals surface area contributed by atoms with Crippen LogP contribution >= 0.6 is 11.5 Å². The summed E-state index contributed by atoms with van der Waals surface area (Å²) in [5.41, 5.74) is 3.86. The number of aromatic nitrogens is 4. The van der Waals surface area contributed by atoms with E-state index in [0.717, 1.165) is 39.9 Å². The predicted octanol–water partition coefficient (Wildman–Crippen LogP) is 4.47. The lowest BCUT2D eigenvalue weighted by Gasteiger charge is -2.12. The molecule has 0 bridgehead atoms. The lowest BCUT2D eigenvalue weighted by atomic mass is 10.1. The van der Waals surface area contributed by atoms with E-state index in [9.17, 15) is 18.3 Å². The van der Waals surface area contributed by atoms with Crippen LogP contribution in [-0.4, -0.2) is 57.6 Å². The van der Waals surface area contributed by atoms with Gasteiger partial charge in [0, 0.05) is 30.8 Å². The van der Waals surface area contributed by atoms with Crippen molar-refractivity contribution in [2.75, 3.05) is 31.6 Å². The second-order valence-electron chi connectivity index (χ2n) is 8.25. The molecule has 2 aromatic carbocycles. The second kappa shape index (κ2) is 12.8. The van der Waals surface area contributed by atoms with E-state index in [1.54, 1.807) is 18.5 Å². The fourth-order valence-corrected chi connectivity index (χ4v) is 4.30. The fraction of sp³-hybridized carbons (Fsp3) is 0.375. The van der Waals surface area contributed by atoms with Crippen molar-refractivity contribution in [2.24, 2.45) is 0 Å². The number of rotatable bonds is 14. The van der Waals surface area contributed by atoms with Gasteiger partial charge in [-0.2, -0.15) is 5.10 Å². The van der Waals surface area contributed by atoms with Gasteiger partial charge in [0.05, 0.1) is 36.0 Å². The SMILES string of the molecule is OCc1cc(CNCCCCOCCNc2cc(-c3cnns3)cc3[nH]ncc23)cc(OC(F)(F)F)c1. The molecule has 0 spiro atoms. The van der Waals surface area contributed by atoms with Crippen LogP contribution < -0.4 is 15.4 Å². The molecule has 37 heavy (non-hydrogen) atoms. The van der Waals surface area contributed by atoms with Gasteiger partial charge in [0.2, 0.25) is 0 Å². The summed E-state index contributed by atoms with van der Waals surface area (Å²) in [6.45, 7) is 2.45. The predicted molar refractivity (Wildman–Crippen MR) is 134 cm³/mol. The molecule has 0 radical (unpaired) electrons. The van der Waals surface area contributed by atoms with E-state index in [4.69, 9.17) is 4.74 Å². The van der Waals surface area contributed by atoms with Crippen molar-refractivity contribution in [3.8, 4) is 16.2 Å². The van der Waals surface area contributed by atoms with E-state index in [2.05, 4.69) is 35.2 Å². The first kappa shape index (κ1) is 26.8. The molecule has 0 unspecified atom stereocenters. The average molecular weight is 537 g/mol. The van der Waals surface area contributed by atoms with Crippen LogP contribution in [0.4, 0.5) is 18.9 Å². The van der Waals surface area contributed by atoms with Crippen molar-refractivity contribution >= 4 is 28.1 Å². The number of hydrogen-bond donors (Lipinski definition) is 4. The molecule has 2 heterocycles. The summed E-state index contributed by atoms with van der Waals surface area (Å²) in [5.74, 6) is -0.335. The van der Waals surface area contributed by atoms with Crippen molar-refractivity contribution < 1.29 is 27.8 Å². The van der Waals surface area contributed by atoms with Crippen LogP contribution in [0.5, 0.6) is 5.75 Å². The Kier molecular flexibility index (Phi) is 9.28. The zero-order valence-electron chi connectivity index (χ0n) is 19.8. The first-order chi connectivity index (χ1) is 17.9. The maximum Gasteiger partial charge on any atom is 0.573 e. The van der Waals surface area contributed by atoms with Crippen LogP contribution in [0, 0.1) is 0 Å². The summed E-state index contributed by atoms with van der Waals surface area (Å²) in [5, 5.41) is 27.9. The number of hydrogen-bond acceptors (Lipinski definition) is 9. The minimum atomic E-state index is -4.77. The van der Waals surface area contributed by atoms with Gasteiger partial charge in [0.25, 0.3) is 0 Å². The number of halogens is 3. The Hall–Kier alpha value is -3.26. The molecule has 0 fully saturated rings. The van der Waals surface area contributed by atoms with E-state index >= 15 is 0 Å². The molecule has 4 aromatic rings. The number of H-pyrrole nitrogens is 1. The van der Waals surface area contributed by atoms with Crippen LogP contribution in [0.2, 0.25) is 0 Å². The van der Waals surface area contributed by atoms with Crippen LogP contribution in [0.3, 0.4) is 0 Å². The minimum absolute atomic E-state index is 0.335. The smallest absolute Gasteiger partial charge is 0.406 e. The maximum absolute atomic E-state index is 12.5. The van der Waals surface area contributed by atoms with Crippen molar-refractivity contribution in [1.82, 2.24) is 25.1 Å². The number of fused-ring (bicyclic) bond motifs is 1. The Labute approximate surface area is 215 Å². The average Bonchev–Trinajstić information content (AvgIpc) is 3.56. The van der Waals surface area contributed by atoms with Gasteiger partial charge in [-0.1, -0.05) is 10.6 Å². The molecular weight excluding hydrogens is 509 g/mol. The lowest BCUT2D eigenvalue weighted by molar-refractivity contribution is -0.274. The van der Waals surface area contributed by atoms with Crippen LogP contribution in [0.1, 0.15) is 24.0 Å². The zero-order chi connectivity index (χ0) is 26.1. The highest BCUT2D eigenvalue weighted by Gasteiger charge is 2.31. The zero-order valence-corrected chi connectivity index (χ0v) is 20.7. The van der Waals surface area contributed by atoms with Crippen molar-refractivity contribution in [3.63, 3.8) is 0 Å². The standard InChI is InChI=1S/C24H27F3N6O3S/c25-24(26,27)36-19-8-16(7-17(9-19)15-34)12-28-3-1-2-5-35-6-4-29-21-10-18(23-14-31-33-37-23)11-22-20(21)13-30-32-22/h7-11,13-14,28-29,34H,1-6,12,15H2,(H,30,32). The third-order valence-electron chi connectivity index (χ3n) is 5.43. The van der Waals surface area contributed by atoms with Gasteiger partial charge in [-0.05, 0) is 71.9 Å². The molecule has 0 aliphatic heterocycles. The molecule has 0 aliphatic carbocycles. The molecule has 4 rings (SSSR count). The number of anilines is 1. The highest BCUT2D eigenvalue weighted by Crippen LogP contribution is 2.31. The molecular formula is C24H27F3N6O3S. The molecule has 4 N–H and O–H groups in total. The van der Waals surface area contributed by atoms with Crippen molar-refractivity contribution in [3.05, 3.63) is 53.9 Å². The number of nitrogens with zero attached hydrogens (tertiary/aromatic N) is 3. The Morgan fingerprint density at radius 1 is 1.00 bits per heavy atom. The minimum Gasteiger partial charge on any atom is -0.406 e. The van der Waals surface area contributed by atoms with Crippen LogP contribution in [0.15, 0.2) is 42.7 Å². The topological polar surface area (TPSA) is 117 Å².